The summed E-state index contributed by atoms with van der Waals surface area (Å²) >= 11 is 0. The van der Waals surface area contributed by atoms with Crippen molar-refractivity contribution in [2.24, 2.45) is 0 Å². The highest BCUT2D eigenvalue weighted by Gasteiger charge is 2.19. The first-order valence-corrected chi connectivity index (χ1v) is 8.30. The number of nitrogens with one attached hydrogen (secondary N) is 1. The molecule has 0 atom stereocenters. The smallest absolute Gasteiger partial charge is 0.365 e. The van der Waals surface area contributed by atoms with Crippen LogP contribution in [-0.4, -0.2) is 9.72 Å². The van der Waals surface area contributed by atoms with Crippen molar-refractivity contribution in [1.82, 2.24) is 9.72 Å². The summed E-state index contributed by atoms with van der Waals surface area (Å²) in [5.41, 5.74) is 9.83. The molecule has 26 heavy (non-hydrogen) atoms. The topological polar surface area (TPSA) is 77.0 Å². The first kappa shape index (κ1) is 14.6. The van der Waals surface area contributed by atoms with Gasteiger partial charge >= 0.3 is 5.63 Å². The SMILES string of the molecule is Nc1ccc2c(=O)on(-c3cc4ccccc4[nH]3)c2c1-c1ccccc1. The van der Waals surface area contributed by atoms with Crippen molar-refractivity contribution in [3.8, 4) is 16.9 Å². The number of rotatable bonds is 2. The molecule has 5 heteroatoms. The summed E-state index contributed by atoms with van der Waals surface area (Å²) in [5.74, 6) is 0.682. The average Bonchev–Trinajstić information content (AvgIpc) is 3.23. The Morgan fingerprint density at radius 2 is 1.69 bits per heavy atom. The molecule has 2 aromatic heterocycles. The summed E-state index contributed by atoms with van der Waals surface area (Å²) in [5, 5.41) is 1.54. The van der Waals surface area contributed by atoms with Crippen LogP contribution in [0.3, 0.4) is 0 Å². The molecule has 0 bridgehead atoms. The summed E-state index contributed by atoms with van der Waals surface area (Å²) in [6.45, 7) is 0. The Morgan fingerprint density at radius 1 is 0.923 bits per heavy atom. The number of para-hydroxylation sites is 1. The minimum Gasteiger partial charge on any atom is -0.398 e. The molecule has 0 amide bonds. The van der Waals surface area contributed by atoms with Gasteiger partial charge in [-0.1, -0.05) is 48.5 Å². The lowest BCUT2D eigenvalue weighted by molar-refractivity contribution is 0.330. The number of anilines is 1. The molecule has 0 unspecified atom stereocenters. The van der Waals surface area contributed by atoms with Gasteiger partial charge in [0.1, 0.15) is 11.3 Å². The first-order valence-electron chi connectivity index (χ1n) is 8.30. The Hall–Kier alpha value is -3.73. The van der Waals surface area contributed by atoms with Crippen molar-refractivity contribution in [2.45, 2.75) is 0 Å². The fourth-order valence-electron chi connectivity index (χ4n) is 3.41. The number of H-pyrrole nitrogens is 1. The second kappa shape index (κ2) is 5.39. The predicted octanol–water partition coefficient (Wildman–Crippen LogP) is 4.31. The Morgan fingerprint density at radius 3 is 2.50 bits per heavy atom. The van der Waals surface area contributed by atoms with E-state index in [0.717, 1.165) is 22.0 Å². The summed E-state index contributed by atoms with van der Waals surface area (Å²) in [4.78, 5) is 15.7. The van der Waals surface area contributed by atoms with Crippen LogP contribution in [0.25, 0.3) is 38.8 Å². The third kappa shape index (κ3) is 2.07. The van der Waals surface area contributed by atoms with Gasteiger partial charge in [-0.3, -0.25) is 0 Å². The van der Waals surface area contributed by atoms with Gasteiger partial charge < -0.3 is 15.2 Å². The van der Waals surface area contributed by atoms with Gasteiger partial charge in [-0.2, -0.15) is 4.74 Å². The molecule has 0 saturated carbocycles. The second-order valence-electron chi connectivity index (χ2n) is 6.21. The van der Waals surface area contributed by atoms with Gasteiger partial charge in [-0.05, 0) is 29.8 Å². The van der Waals surface area contributed by atoms with Crippen LogP contribution in [0.5, 0.6) is 0 Å². The summed E-state index contributed by atoms with van der Waals surface area (Å²) in [6, 6.07) is 23.1. The predicted molar refractivity (Wildman–Crippen MR) is 104 cm³/mol. The molecule has 5 rings (SSSR count). The van der Waals surface area contributed by atoms with Crippen molar-refractivity contribution in [3.63, 3.8) is 0 Å². The Balaban J connectivity index is 1.89. The van der Waals surface area contributed by atoms with E-state index < -0.39 is 5.63 Å². The third-order valence-corrected chi connectivity index (χ3v) is 4.60. The molecule has 0 spiro atoms. The number of aromatic amines is 1. The molecule has 2 heterocycles. The van der Waals surface area contributed by atoms with Crippen LogP contribution in [0.2, 0.25) is 0 Å². The molecule has 5 nitrogen and oxygen atoms in total. The Kier molecular flexibility index (Phi) is 3.03. The van der Waals surface area contributed by atoms with Crippen LogP contribution in [0.1, 0.15) is 0 Å². The molecule has 0 aliphatic heterocycles. The van der Waals surface area contributed by atoms with Crippen LogP contribution in [0.4, 0.5) is 5.69 Å². The van der Waals surface area contributed by atoms with Crippen LogP contribution in [-0.2, 0) is 0 Å². The zero-order valence-electron chi connectivity index (χ0n) is 13.8. The van der Waals surface area contributed by atoms with E-state index in [-0.39, 0.29) is 0 Å². The van der Waals surface area contributed by atoms with Crippen molar-refractivity contribution < 1.29 is 4.52 Å². The number of hydrogen-bond acceptors (Lipinski definition) is 3. The monoisotopic (exact) mass is 341 g/mol. The van der Waals surface area contributed by atoms with Gasteiger partial charge in [0.15, 0.2) is 0 Å². The molecular formula is C21H15N3O2. The standard InChI is InChI=1S/C21H15N3O2/c22-16-11-10-15-20(19(16)13-6-2-1-3-7-13)24(26-21(15)25)18-12-14-8-4-5-9-17(14)23-18/h1-12,23H,22H2. The maximum Gasteiger partial charge on any atom is 0.365 e. The largest absolute Gasteiger partial charge is 0.398 e. The summed E-state index contributed by atoms with van der Waals surface area (Å²) < 4.78 is 7.11. The molecule has 3 N–H and O–H groups in total. The van der Waals surface area contributed by atoms with Crippen LogP contribution < -0.4 is 11.4 Å². The number of nitrogens with two attached hydrogens (primary N) is 1. The molecule has 0 saturated heterocycles. The molecule has 126 valence electrons. The number of fused-ring (bicyclic) bond motifs is 2. The minimum atomic E-state index is -0.393. The van der Waals surface area contributed by atoms with Crippen LogP contribution in [0.15, 0.2) is 82.1 Å². The lowest BCUT2D eigenvalue weighted by Gasteiger charge is -2.09. The van der Waals surface area contributed by atoms with E-state index >= 15 is 0 Å². The Bertz CT molecular complexity index is 1280. The van der Waals surface area contributed by atoms with Gasteiger partial charge in [0, 0.05) is 22.2 Å². The lowest BCUT2D eigenvalue weighted by atomic mass is 10.0. The van der Waals surface area contributed by atoms with Gasteiger partial charge in [0.05, 0.1) is 5.39 Å². The number of hydrogen-bond donors (Lipinski definition) is 2. The highest BCUT2D eigenvalue weighted by molar-refractivity contribution is 6.00. The van der Waals surface area contributed by atoms with Crippen molar-refractivity contribution in [1.29, 1.82) is 0 Å². The molecule has 0 fully saturated rings. The number of benzene rings is 3. The van der Waals surface area contributed by atoms with E-state index in [1.807, 2.05) is 60.7 Å². The molecule has 5 aromatic rings. The average molecular weight is 341 g/mol. The molecule has 0 aliphatic rings. The maximum absolute atomic E-state index is 12.4. The zero-order chi connectivity index (χ0) is 17.7. The van der Waals surface area contributed by atoms with E-state index in [9.17, 15) is 4.79 Å². The van der Waals surface area contributed by atoms with E-state index in [4.69, 9.17) is 10.3 Å². The van der Waals surface area contributed by atoms with Gasteiger partial charge in [0.25, 0.3) is 0 Å². The number of aromatic nitrogens is 2. The van der Waals surface area contributed by atoms with Crippen molar-refractivity contribution in [3.05, 3.63) is 83.2 Å². The van der Waals surface area contributed by atoms with E-state index in [1.54, 1.807) is 12.1 Å². The highest BCUT2D eigenvalue weighted by atomic mass is 16.5. The summed E-state index contributed by atoms with van der Waals surface area (Å²) in [7, 11) is 0. The Labute approximate surface area is 148 Å². The minimum absolute atomic E-state index is 0.393. The lowest BCUT2D eigenvalue weighted by Crippen LogP contribution is -1.97. The highest BCUT2D eigenvalue weighted by Crippen LogP contribution is 2.34. The van der Waals surface area contributed by atoms with E-state index in [1.165, 1.54) is 4.74 Å². The molecule has 3 aromatic carbocycles. The quantitative estimate of drug-likeness (QED) is 0.470. The van der Waals surface area contributed by atoms with Crippen LogP contribution >= 0.6 is 0 Å². The summed E-state index contributed by atoms with van der Waals surface area (Å²) in [6.07, 6.45) is 0. The number of nitrogen functional groups attached to an aromatic ring is 1. The fraction of sp³-hybridized carbons (Fsp3) is 0. The fourth-order valence-corrected chi connectivity index (χ4v) is 3.41. The number of nitrogens with zero attached hydrogens (tertiary/aromatic N) is 1. The van der Waals surface area contributed by atoms with E-state index in [2.05, 4.69) is 4.98 Å². The van der Waals surface area contributed by atoms with Crippen molar-refractivity contribution in [2.75, 3.05) is 5.73 Å². The maximum atomic E-state index is 12.4. The molecule has 0 aliphatic carbocycles. The van der Waals surface area contributed by atoms with Gasteiger partial charge in [-0.25, -0.2) is 4.79 Å². The second-order valence-corrected chi connectivity index (χ2v) is 6.21. The van der Waals surface area contributed by atoms with Crippen molar-refractivity contribution >= 4 is 27.5 Å². The van der Waals surface area contributed by atoms with Gasteiger partial charge in [-0.15, -0.1) is 0 Å². The van der Waals surface area contributed by atoms with Crippen LogP contribution in [0, 0.1) is 0 Å². The van der Waals surface area contributed by atoms with Gasteiger partial charge in [0.2, 0.25) is 0 Å². The normalized spacial score (nSPS) is 11.4. The molecule has 0 radical (unpaired) electrons. The zero-order valence-corrected chi connectivity index (χ0v) is 13.8. The first-order chi connectivity index (χ1) is 12.7. The van der Waals surface area contributed by atoms with E-state index in [0.29, 0.717) is 22.4 Å². The third-order valence-electron chi connectivity index (χ3n) is 4.60. The molecular weight excluding hydrogens is 326 g/mol.